The Kier molecular flexibility index (Phi) is 9.06. The van der Waals surface area contributed by atoms with E-state index in [0.29, 0.717) is 18.7 Å². The zero-order valence-electron chi connectivity index (χ0n) is 17.6. The lowest BCUT2D eigenvalue weighted by molar-refractivity contribution is -0.139. The molecule has 2 aromatic carbocycles. The van der Waals surface area contributed by atoms with E-state index in [1.165, 1.54) is 0 Å². The van der Waals surface area contributed by atoms with Crippen LogP contribution in [0.3, 0.4) is 0 Å². The number of amides is 2. The summed E-state index contributed by atoms with van der Waals surface area (Å²) >= 11 is 1.55. The van der Waals surface area contributed by atoms with Crippen LogP contribution >= 0.6 is 11.8 Å². The van der Waals surface area contributed by atoms with E-state index in [1.807, 2.05) is 62.4 Å². The lowest BCUT2D eigenvalue weighted by atomic mass is 10.1. The largest absolute Gasteiger partial charge is 0.497 e. The second-order valence-corrected chi connectivity index (χ2v) is 7.81. The summed E-state index contributed by atoms with van der Waals surface area (Å²) in [6.45, 7) is 4.39. The molecule has 0 aliphatic heterocycles. The SMILES string of the molecule is CC[C@H](C(=O)NC)N(Cc1ccccc1C)C(=O)CSCc1ccc(OC)cc1. The summed E-state index contributed by atoms with van der Waals surface area (Å²) in [5, 5.41) is 2.69. The van der Waals surface area contributed by atoms with Gasteiger partial charge in [-0.25, -0.2) is 0 Å². The van der Waals surface area contributed by atoms with E-state index in [1.54, 1.807) is 30.8 Å². The summed E-state index contributed by atoms with van der Waals surface area (Å²) < 4.78 is 5.18. The molecule has 0 bridgehead atoms. The van der Waals surface area contributed by atoms with E-state index in [0.717, 1.165) is 28.2 Å². The molecule has 0 aliphatic carbocycles. The highest BCUT2D eigenvalue weighted by Gasteiger charge is 2.28. The maximum absolute atomic E-state index is 13.1. The maximum Gasteiger partial charge on any atom is 0.242 e. The van der Waals surface area contributed by atoms with Crippen LogP contribution in [0.15, 0.2) is 48.5 Å². The second kappa shape index (κ2) is 11.5. The van der Waals surface area contributed by atoms with E-state index in [-0.39, 0.29) is 11.8 Å². The number of hydrogen-bond acceptors (Lipinski definition) is 4. The molecule has 1 atom stereocenters. The molecule has 0 aromatic heterocycles. The van der Waals surface area contributed by atoms with E-state index in [4.69, 9.17) is 4.74 Å². The molecule has 5 nitrogen and oxygen atoms in total. The number of hydrogen-bond donors (Lipinski definition) is 1. The molecule has 29 heavy (non-hydrogen) atoms. The molecular weight excluding hydrogens is 384 g/mol. The van der Waals surface area contributed by atoms with E-state index < -0.39 is 6.04 Å². The van der Waals surface area contributed by atoms with Crippen LogP contribution in [0.1, 0.15) is 30.0 Å². The Morgan fingerprint density at radius 3 is 2.41 bits per heavy atom. The first-order valence-electron chi connectivity index (χ1n) is 9.76. The number of thioether (sulfide) groups is 1. The number of ether oxygens (including phenoxy) is 1. The standard InChI is InChI=1S/C23H30N2O3S/c1-5-21(23(27)24-3)25(14-19-9-7-6-8-17(19)2)22(26)16-29-15-18-10-12-20(28-4)13-11-18/h6-13,21H,5,14-16H2,1-4H3,(H,24,27)/t21-/m1/s1. The van der Waals surface area contributed by atoms with Gasteiger partial charge in [-0.15, -0.1) is 11.8 Å². The van der Waals surface area contributed by atoms with E-state index in [9.17, 15) is 9.59 Å². The molecular formula is C23H30N2O3S. The maximum atomic E-state index is 13.1. The second-order valence-electron chi connectivity index (χ2n) is 6.83. The topological polar surface area (TPSA) is 58.6 Å². The fourth-order valence-electron chi connectivity index (χ4n) is 3.12. The van der Waals surface area contributed by atoms with Gasteiger partial charge in [-0.1, -0.05) is 43.3 Å². The molecule has 0 fully saturated rings. The van der Waals surface area contributed by atoms with Gasteiger partial charge in [0, 0.05) is 19.3 Å². The minimum absolute atomic E-state index is 0.0257. The van der Waals surface area contributed by atoms with Crippen molar-refractivity contribution in [3.05, 3.63) is 65.2 Å². The number of aryl methyl sites for hydroxylation is 1. The molecule has 2 amide bonds. The van der Waals surface area contributed by atoms with Crippen molar-refractivity contribution in [2.75, 3.05) is 19.9 Å². The van der Waals surface area contributed by atoms with Crippen molar-refractivity contribution in [3.8, 4) is 5.75 Å². The predicted octanol–water partition coefficient (Wildman–Crippen LogP) is 3.79. The van der Waals surface area contributed by atoms with Crippen LogP contribution in [0.25, 0.3) is 0 Å². The molecule has 0 spiro atoms. The number of rotatable bonds is 10. The fourth-order valence-corrected chi connectivity index (χ4v) is 3.99. The van der Waals surface area contributed by atoms with Gasteiger partial charge in [-0.3, -0.25) is 9.59 Å². The Hall–Kier alpha value is -2.47. The van der Waals surface area contributed by atoms with Crippen molar-refractivity contribution in [3.63, 3.8) is 0 Å². The summed E-state index contributed by atoms with van der Waals surface area (Å²) in [6, 6.07) is 15.3. The third kappa shape index (κ3) is 6.53. The van der Waals surface area contributed by atoms with Crippen molar-refractivity contribution in [1.29, 1.82) is 0 Å². The molecule has 6 heteroatoms. The lowest BCUT2D eigenvalue weighted by Gasteiger charge is -2.30. The third-order valence-corrected chi connectivity index (χ3v) is 5.88. The van der Waals surface area contributed by atoms with Gasteiger partial charge >= 0.3 is 0 Å². The van der Waals surface area contributed by atoms with Crippen LogP contribution in [-0.2, 0) is 21.9 Å². The molecule has 0 saturated carbocycles. The van der Waals surface area contributed by atoms with Crippen LogP contribution in [0, 0.1) is 6.92 Å². The molecule has 156 valence electrons. The molecule has 2 rings (SSSR count). The molecule has 0 radical (unpaired) electrons. The van der Waals surface area contributed by atoms with E-state index in [2.05, 4.69) is 5.32 Å². The Morgan fingerprint density at radius 1 is 1.14 bits per heavy atom. The number of nitrogens with zero attached hydrogens (tertiary/aromatic N) is 1. The van der Waals surface area contributed by atoms with Crippen LogP contribution in [0.2, 0.25) is 0 Å². The normalized spacial score (nSPS) is 11.6. The zero-order valence-corrected chi connectivity index (χ0v) is 18.4. The number of nitrogens with one attached hydrogen (secondary N) is 1. The van der Waals surface area contributed by atoms with Crippen LogP contribution in [-0.4, -0.2) is 42.7 Å². The van der Waals surface area contributed by atoms with Crippen LogP contribution in [0.5, 0.6) is 5.75 Å². The van der Waals surface area contributed by atoms with Gasteiger partial charge in [0.1, 0.15) is 11.8 Å². The molecule has 0 unspecified atom stereocenters. The van der Waals surface area contributed by atoms with Gasteiger partial charge in [0.25, 0.3) is 0 Å². The Morgan fingerprint density at radius 2 is 1.83 bits per heavy atom. The van der Waals surface area contributed by atoms with Crippen LogP contribution in [0.4, 0.5) is 0 Å². The predicted molar refractivity (Wildman–Crippen MR) is 119 cm³/mol. The third-order valence-electron chi connectivity index (χ3n) is 4.89. The summed E-state index contributed by atoms with van der Waals surface area (Å²) in [5.74, 6) is 1.71. The molecule has 0 heterocycles. The molecule has 2 aromatic rings. The summed E-state index contributed by atoms with van der Waals surface area (Å²) in [6.07, 6.45) is 0.570. The number of carbonyl (C=O) groups excluding carboxylic acids is 2. The molecule has 0 aliphatic rings. The zero-order chi connectivity index (χ0) is 21.2. The van der Waals surface area contributed by atoms with Gasteiger partial charge in [-0.05, 0) is 42.2 Å². The Bertz CT molecular complexity index is 808. The van der Waals surface area contributed by atoms with Crippen molar-refractivity contribution >= 4 is 23.6 Å². The number of carbonyl (C=O) groups is 2. The molecule has 0 saturated heterocycles. The monoisotopic (exact) mass is 414 g/mol. The highest BCUT2D eigenvalue weighted by Crippen LogP contribution is 2.20. The first kappa shape index (κ1) is 22.8. The van der Waals surface area contributed by atoms with Gasteiger partial charge in [0.05, 0.1) is 12.9 Å². The number of methoxy groups -OCH3 is 1. The average molecular weight is 415 g/mol. The summed E-state index contributed by atoms with van der Waals surface area (Å²) in [5.41, 5.74) is 3.30. The molecule has 1 N–H and O–H groups in total. The van der Waals surface area contributed by atoms with Crippen molar-refractivity contribution < 1.29 is 14.3 Å². The van der Waals surface area contributed by atoms with Gasteiger partial charge in [0.15, 0.2) is 0 Å². The summed E-state index contributed by atoms with van der Waals surface area (Å²) in [7, 11) is 3.25. The van der Waals surface area contributed by atoms with Crippen molar-refractivity contribution in [2.24, 2.45) is 0 Å². The number of benzene rings is 2. The van der Waals surface area contributed by atoms with E-state index >= 15 is 0 Å². The smallest absolute Gasteiger partial charge is 0.242 e. The highest BCUT2D eigenvalue weighted by molar-refractivity contribution is 7.99. The fraction of sp³-hybridized carbons (Fsp3) is 0.391. The summed E-state index contributed by atoms with van der Waals surface area (Å²) in [4.78, 5) is 27.2. The van der Waals surface area contributed by atoms with Crippen molar-refractivity contribution in [1.82, 2.24) is 10.2 Å². The Labute approximate surface area is 177 Å². The first-order chi connectivity index (χ1) is 14.0. The first-order valence-corrected chi connectivity index (χ1v) is 10.9. The van der Waals surface area contributed by atoms with Gasteiger partial charge in [0.2, 0.25) is 11.8 Å². The minimum atomic E-state index is -0.478. The highest BCUT2D eigenvalue weighted by atomic mass is 32.2. The van der Waals surface area contributed by atoms with Gasteiger partial charge < -0.3 is 15.0 Å². The lowest BCUT2D eigenvalue weighted by Crippen LogP contribution is -2.48. The number of likely N-dealkylation sites (N-methyl/N-ethyl adjacent to an activating group) is 1. The van der Waals surface area contributed by atoms with Crippen molar-refractivity contribution in [2.45, 2.75) is 38.6 Å². The van der Waals surface area contributed by atoms with Gasteiger partial charge in [-0.2, -0.15) is 0 Å². The average Bonchev–Trinajstić information content (AvgIpc) is 2.75. The van der Waals surface area contributed by atoms with Crippen LogP contribution < -0.4 is 10.1 Å². The quantitative estimate of drug-likeness (QED) is 0.643. The minimum Gasteiger partial charge on any atom is -0.497 e. The Balaban J connectivity index is 2.08.